The summed E-state index contributed by atoms with van der Waals surface area (Å²) in [5.41, 5.74) is 2.41. The molecule has 2 heterocycles. The van der Waals surface area contributed by atoms with E-state index in [1.54, 1.807) is 0 Å². The average Bonchev–Trinajstić information content (AvgIpc) is 2.88. The van der Waals surface area contributed by atoms with Gasteiger partial charge >= 0.3 is 0 Å². The third-order valence-electron chi connectivity index (χ3n) is 4.17. The summed E-state index contributed by atoms with van der Waals surface area (Å²) in [5.74, 6) is 0. The molecular formula is C16H28N4. The van der Waals surface area contributed by atoms with E-state index >= 15 is 0 Å². The summed E-state index contributed by atoms with van der Waals surface area (Å²) in [4.78, 5) is 9.45. The van der Waals surface area contributed by atoms with Gasteiger partial charge in [0.1, 0.15) is 0 Å². The highest BCUT2D eigenvalue weighted by Gasteiger charge is 2.25. The fraction of sp³-hybridized carbons (Fsp3) is 0.688. The summed E-state index contributed by atoms with van der Waals surface area (Å²) in [6, 6.07) is 5.39. The summed E-state index contributed by atoms with van der Waals surface area (Å²) in [7, 11) is 6.30. The van der Waals surface area contributed by atoms with Gasteiger partial charge in [0.15, 0.2) is 0 Å². The molecule has 1 saturated heterocycles. The van der Waals surface area contributed by atoms with Crippen molar-refractivity contribution in [2.75, 3.05) is 39.1 Å². The van der Waals surface area contributed by atoms with Crippen LogP contribution in [0.1, 0.15) is 37.9 Å². The Hall–Kier alpha value is -1.13. The number of pyridine rings is 1. The first-order valence-electron chi connectivity index (χ1n) is 7.70. The third-order valence-corrected chi connectivity index (χ3v) is 4.17. The first-order valence-corrected chi connectivity index (χ1v) is 7.70. The molecule has 1 aliphatic heterocycles. The summed E-state index contributed by atoms with van der Waals surface area (Å²) in [6.45, 7) is 4.46. The fourth-order valence-corrected chi connectivity index (χ4v) is 3.12. The highest BCUT2D eigenvalue weighted by atomic mass is 15.2. The Balaban J connectivity index is 2.09. The normalized spacial score (nSPS) is 20.6. The Labute approximate surface area is 123 Å². The van der Waals surface area contributed by atoms with Gasteiger partial charge in [0, 0.05) is 25.2 Å². The quantitative estimate of drug-likeness (QED) is 0.864. The molecule has 0 spiro atoms. The molecule has 20 heavy (non-hydrogen) atoms. The van der Waals surface area contributed by atoms with Crippen LogP contribution in [-0.4, -0.2) is 50.2 Å². The maximum atomic E-state index is 4.66. The highest BCUT2D eigenvalue weighted by Crippen LogP contribution is 2.26. The smallest absolute Gasteiger partial charge is 0.0574 e. The van der Waals surface area contributed by atoms with Crippen LogP contribution >= 0.6 is 0 Å². The number of likely N-dealkylation sites (N-methyl/N-ethyl adjacent to an activating group) is 1. The standard InChI is InChI=1S/C16H28N4/c1-5-15(17-2)16-9-8-13(11-18-16)20-10-6-7-14(20)12-19(3)4/h8-9,11,14-15,17H,5-7,10,12H2,1-4H3. The predicted octanol–water partition coefficient (Wildman–Crippen LogP) is 2.28. The van der Waals surface area contributed by atoms with Crippen LogP contribution in [0.5, 0.6) is 0 Å². The summed E-state index contributed by atoms with van der Waals surface area (Å²) in [6.07, 6.45) is 5.68. The highest BCUT2D eigenvalue weighted by molar-refractivity contribution is 5.47. The van der Waals surface area contributed by atoms with Gasteiger partial charge in [0.2, 0.25) is 0 Å². The van der Waals surface area contributed by atoms with Crippen molar-refractivity contribution >= 4 is 5.69 Å². The number of nitrogens with one attached hydrogen (secondary N) is 1. The van der Waals surface area contributed by atoms with Crippen LogP contribution in [0, 0.1) is 0 Å². The maximum absolute atomic E-state index is 4.66. The maximum Gasteiger partial charge on any atom is 0.0574 e. The molecule has 1 N–H and O–H groups in total. The summed E-state index contributed by atoms with van der Waals surface area (Å²) >= 11 is 0. The molecule has 4 heteroatoms. The second kappa shape index (κ2) is 7.04. The van der Waals surface area contributed by atoms with Crippen LogP contribution in [0.15, 0.2) is 18.3 Å². The van der Waals surface area contributed by atoms with Crippen molar-refractivity contribution in [3.05, 3.63) is 24.0 Å². The SMILES string of the molecule is CCC(NC)c1ccc(N2CCCC2CN(C)C)cn1. The topological polar surface area (TPSA) is 31.4 Å². The number of nitrogens with zero attached hydrogens (tertiary/aromatic N) is 3. The lowest BCUT2D eigenvalue weighted by Crippen LogP contribution is -2.37. The molecule has 2 unspecified atom stereocenters. The van der Waals surface area contributed by atoms with E-state index in [4.69, 9.17) is 0 Å². The molecule has 0 saturated carbocycles. The molecule has 0 aromatic carbocycles. The van der Waals surface area contributed by atoms with Gasteiger partial charge in [-0.1, -0.05) is 6.92 Å². The molecule has 1 aromatic heterocycles. The predicted molar refractivity (Wildman–Crippen MR) is 85.3 cm³/mol. The van der Waals surface area contributed by atoms with Crippen molar-refractivity contribution in [3.63, 3.8) is 0 Å². The number of hydrogen-bond acceptors (Lipinski definition) is 4. The van der Waals surface area contributed by atoms with Gasteiger partial charge in [-0.05, 0) is 52.5 Å². The van der Waals surface area contributed by atoms with E-state index in [0.717, 1.165) is 25.2 Å². The minimum Gasteiger partial charge on any atom is -0.366 e. The van der Waals surface area contributed by atoms with Crippen LogP contribution in [0.4, 0.5) is 5.69 Å². The molecule has 1 aliphatic rings. The van der Waals surface area contributed by atoms with E-state index in [1.165, 1.54) is 18.5 Å². The van der Waals surface area contributed by atoms with Crippen molar-refractivity contribution in [2.45, 2.75) is 38.3 Å². The Morgan fingerprint density at radius 3 is 2.80 bits per heavy atom. The van der Waals surface area contributed by atoms with E-state index < -0.39 is 0 Å². The molecule has 2 rings (SSSR count). The van der Waals surface area contributed by atoms with Gasteiger partial charge in [0.25, 0.3) is 0 Å². The fourth-order valence-electron chi connectivity index (χ4n) is 3.12. The van der Waals surface area contributed by atoms with Gasteiger partial charge in [-0.2, -0.15) is 0 Å². The number of aromatic nitrogens is 1. The number of rotatable bonds is 6. The van der Waals surface area contributed by atoms with E-state index in [1.807, 2.05) is 13.2 Å². The first-order chi connectivity index (χ1) is 9.65. The van der Waals surface area contributed by atoms with Gasteiger partial charge in [-0.3, -0.25) is 4.98 Å². The second-order valence-electron chi connectivity index (χ2n) is 5.94. The number of anilines is 1. The van der Waals surface area contributed by atoms with E-state index in [-0.39, 0.29) is 0 Å². The summed E-state index contributed by atoms with van der Waals surface area (Å²) < 4.78 is 0. The van der Waals surface area contributed by atoms with Gasteiger partial charge < -0.3 is 15.1 Å². The van der Waals surface area contributed by atoms with Crippen LogP contribution in [0.3, 0.4) is 0 Å². The van der Waals surface area contributed by atoms with Crippen molar-refractivity contribution in [1.29, 1.82) is 0 Å². The Morgan fingerprint density at radius 2 is 2.25 bits per heavy atom. The zero-order chi connectivity index (χ0) is 14.5. The lowest BCUT2D eigenvalue weighted by molar-refractivity contribution is 0.372. The van der Waals surface area contributed by atoms with Crippen molar-refractivity contribution in [3.8, 4) is 0 Å². The molecule has 1 aromatic rings. The Bertz CT molecular complexity index is 397. The van der Waals surface area contributed by atoms with E-state index in [0.29, 0.717) is 12.1 Å². The molecule has 112 valence electrons. The second-order valence-corrected chi connectivity index (χ2v) is 5.94. The van der Waals surface area contributed by atoms with Crippen LogP contribution in [0.2, 0.25) is 0 Å². The Morgan fingerprint density at radius 1 is 1.45 bits per heavy atom. The third kappa shape index (κ3) is 3.49. The minimum atomic E-state index is 0.361. The zero-order valence-corrected chi connectivity index (χ0v) is 13.3. The Kier molecular flexibility index (Phi) is 5.38. The monoisotopic (exact) mass is 276 g/mol. The van der Waals surface area contributed by atoms with Crippen molar-refractivity contribution in [1.82, 2.24) is 15.2 Å². The van der Waals surface area contributed by atoms with Crippen molar-refractivity contribution in [2.24, 2.45) is 0 Å². The van der Waals surface area contributed by atoms with Gasteiger partial charge in [0.05, 0.1) is 17.6 Å². The van der Waals surface area contributed by atoms with Gasteiger partial charge in [-0.25, -0.2) is 0 Å². The molecule has 1 fully saturated rings. The number of hydrogen-bond donors (Lipinski definition) is 1. The molecule has 0 radical (unpaired) electrons. The van der Waals surface area contributed by atoms with Crippen LogP contribution in [0.25, 0.3) is 0 Å². The average molecular weight is 276 g/mol. The lowest BCUT2D eigenvalue weighted by Gasteiger charge is -2.29. The molecular weight excluding hydrogens is 248 g/mol. The largest absolute Gasteiger partial charge is 0.366 e. The van der Waals surface area contributed by atoms with Gasteiger partial charge in [-0.15, -0.1) is 0 Å². The lowest BCUT2D eigenvalue weighted by atomic mass is 10.1. The molecule has 0 bridgehead atoms. The van der Waals surface area contributed by atoms with E-state index in [9.17, 15) is 0 Å². The zero-order valence-electron chi connectivity index (χ0n) is 13.3. The molecule has 2 atom stereocenters. The first kappa shape index (κ1) is 15.3. The minimum absolute atomic E-state index is 0.361. The molecule has 0 amide bonds. The molecule has 4 nitrogen and oxygen atoms in total. The summed E-state index contributed by atoms with van der Waals surface area (Å²) in [5, 5.41) is 3.31. The van der Waals surface area contributed by atoms with Crippen molar-refractivity contribution < 1.29 is 0 Å². The molecule has 0 aliphatic carbocycles. The van der Waals surface area contributed by atoms with Crippen LogP contribution < -0.4 is 10.2 Å². The van der Waals surface area contributed by atoms with E-state index in [2.05, 4.69) is 53.3 Å². The van der Waals surface area contributed by atoms with Crippen LogP contribution in [-0.2, 0) is 0 Å².